The number of hydrogen-bond acceptors (Lipinski definition) is 2. The third kappa shape index (κ3) is 2.77. The first-order chi connectivity index (χ1) is 8.20. The number of aryl methyl sites for hydroxylation is 2. The van der Waals surface area contributed by atoms with Gasteiger partial charge in [-0.1, -0.05) is 18.2 Å². The Morgan fingerprint density at radius 1 is 1.18 bits per heavy atom. The predicted octanol–water partition coefficient (Wildman–Crippen LogP) is 4.23. The van der Waals surface area contributed by atoms with Gasteiger partial charge in [-0.2, -0.15) is 0 Å². The maximum absolute atomic E-state index is 5.79. The minimum Gasteiger partial charge on any atom is -0.438 e. The smallest absolute Gasteiger partial charge is 0.222 e. The fourth-order valence-corrected chi connectivity index (χ4v) is 1.72. The molecule has 2 rings (SSSR count). The van der Waals surface area contributed by atoms with Crippen molar-refractivity contribution in [2.75, 3.05) is 0 Å². The van der Waals surface area contributed by atoms with E-state index in [0.29, 0.717) is 11.8 Å². The molecule has 0 unspecified atom stereocenters. The number of halogens is 1. The van der Waals surface area contributed by atoms with Crippen molar-refractivity contribution in [3.63, 3.8) is 0 Å². The monoisotopic (exact) mass is 247 g/mol. The van der Waals surface area contributed by atoms with E-state index in [1.165, 1.54) is 0 Å². The van der Waals surface area contributed by atoms with Gasteiger partial charge in [-0.05, 0) is 37.1 Å². The van der Waals surface area contributed by atoms with Crippen LogP contribution in [0.25, 0.3) is 0 Å². The van der Waals surface area contributed by atoms with Crippen LogP contribution in [0.1, 0.15) is 16.7 Å². The number of alkyl halides is 1. The van der Waals surface area contributed by atoms with Crippen molar-refractivity contribution in [1.82, 2.24) is 4.98 Å². The minimum atomic E-state index is 0.471. The van der Waals surface area contributed by atoms with E-state index in [1.807, 2.05) is 44.2 Å². The summed E-state index contributed by atoms with van der Waals surface area (Å²) >= 11 is 5.76. The van der Waals surface area contributed by atoms with Gasteiger partial charge >= 0.3 is 0 Å². The molecular weight excluding hydrogens is 234 g/mol. The van der Waals surface area contributed by atoms with Gasteiger partial charge < -0.3 is 4.74 Å². The molecule has 0 aliphatic rings. The standard InChI is InChI=1S/C14H14ClNO/c1-10-5-3-4-6-13(10)17-14-11(2)7-12(8-15)9-16-14/h3-7,9H,8H2,1-2H3. The Morgan fingerprint density at radius 2 is 1.94 bits per heavy atom. The zero-order valence-corrected chi connectivity index (χ0v) is 10.7. The van der Waals surface area contributed by atoms with Crippen LogP contribution in [-0.2, 0) is 5.88 Å². The van der Waals surface area contributed by atoms with Crippen molar-refractivity contribution in [3.05, 3.63) is 53.2 Å². The van der Waals surface area contributed by atoms with Gasteiger partial charge in [0.25, 0.3) is 0 Å². The van der Waals surface area contributed by atoms with Crippen molar-refractivity contribution in [3.8, 4) is 11.6 Å². The lowest BCUT2D eigenvalue weighted by Crippen LogP contribution is -1.94. The molecule has 0 atom stereocenters. The molecule has 0 saturated heterocycles. The molecule has 2 nitrogen and oxygen atoms in total. The molecule has 88 valence electrons. The minimum absolute atomic E-state index is 0.471. The summed E-state index contributed by atoms with van der Waals surface area (Å²) in [7, 11) is 0. The first-order valence-electron chi connectivity index (χ1n) is 5.45. The molecule has 0 aliphatic heterocycles. The summed E-state index contributed by atoms with van der Waals surface area (Å²) < 4.78 is 5.79. The number of ether oxygens (including phenoxy) is 1. The van der Waals surface area contributed by atoms with Gasteiger partial charge in [0.15, 0.2) is 0 Å². The van der Waals surface area contributed by atoms with E-state index in [0.717, 1.165) is 22.4 Å². The molecule has 1 aromatic carbocycles. The second-order valence-electron chi connectivity index (χ2n) is 3.97. The topological polar surface area (TPSA) is 22.1 Å². The largest absolute Gasteiger partial charge is 0.438 e. The van der Waals surface area contributed by atoms with Gasteiger partial charge in [-0.25, -0.2) is 4.98 Å². The second kappa shape index (κ2) is 5.19. The van der Waals surface area contributed by atoms with Crippen LogP contribution in [0.3, 0.4) is 0 Å². The quantitative estimate of drug-likeness (QED) is 0.758. The summed E-state index contributed by atoms with van der Waals surface area (Å²) in [5, 5.41) is 0. The summed E-state index contributed by atoms with van der Waals surface area (Å²) in [6.45, 7) is 3.98. The van der Waals surface area contributed by atoms with E-state index in [9.17, 15) is 0 Å². The van der Waals surface area contributed by atoms with E-state index in [-0.39, 0.29) is 0 Å². The fraction of sp³-hybridized carbons (Fsp3) is 0.214. The van der Waals surface area contributed by atoms with Crippen LogP contribution in [0.5, 0.6) is 11.6 Å². The second-order valence-corrected chi connectivity index (χ2v) is 4.23. The number of nitrogens with zero attached hydrogens (tertiary/aromatic N) is 1. The number of hydrogen-bond donors (Lipinski definition) is 0. The normalized spacial score (nSPS) is 10.3. The number of benzene rings is 1. The van der Waals surface area contributed by atoms with E-state index in [1.54, 1.807) is 6.20 Å². The number of para-hydroxylation sites is 1. The Hall–Kier alpha value is -1.54. The molecule has 2 aromatic rings. The average Bonchev–Trinajstić information content (AvgIpc) is 2.34. The lowest BCUT2D eigenvalue weighted by Gasteiger charge is -2.10. The molecule has 0 radical (unpaired) electrons. The summed E-state index contributed by atoms with van der Waals surface area (Å²) in [6, 6.07) is 9.88. The molecule has 1 heterocycles. The highest BCUT2D eigenvalue weighted by molar-refractivity contribution is 6.17. The first-order valence-corrected chi connectivity index (χ1v) is 5.99. The Balaban J connectivity index is 2.28. The van der Waals surface area contributed by atoms with Gasteiger partial charge in [-0.3, -0.25) is 0 Å². The van der Waals surface area contributed by atoms with Gasteiger partial charge in [0.2, 0.25) is 5.88 Å². The van der Waals surface area contributed by atoms with Crippen molar-refractivity contribution in [2.24, 2.45) is 0 Å². The number of rotatable bonds is 3. The number of aromatic nitrogens is 1. The van der Waals surface area contributed by atoms with Crippen LogP contribution in [0.15, 0.2) is 36.5 Å². The third-order valence-electron chi connectivity index (χ3n) is 2.54. The zero-order chi connectivity index (χ0) is 12.3. The highest BCUT2D eigenvalue weighted by Crippen LogP contribution is 2.26. The highest BCUT2D eigenvalue weighted by Gasteiger charge is 2.05. The fourth-order valence-electron chi connectivity index (χ4n) is 1.58. The predicted molar refractivity (Wildman–Crippen MR) is 69.8 cm³/mol. The Kier molecular flexibility index (Phi) is 3.64. The molecule has 0 N–H and O–H groups in total. The Bertz CT molecular complexity index is 525. The van der Waals surface area contributed by atoms with Crippen molar-refractivity contribution < 1.29 is 4.74 Å². The Labute approximate surface area is 106 Å². The number of pyridine rings is 1. The van der Waals surface area contributed by atoms with Crippen molar-refractivity contribution in [2.45, 2.75) is 19.7 Å². The maximum atomic E-state index is 5.79. The van der Waals surface area contributed by atoms with Crippen LogP contribution >= 0.6 is 11.6 Å². The molecule has 17 heavy (non-hydrogen) atoms. The van der Waals surface area contributed by atoms with Crippen molar-refractivity contribution >= 4 is 11.6 Å². The third-order valence-corrected chi connectivity index (χ3v) is 2.85. The summed E-state index contributed by atoms with van der Waals surface area (Å²) in [4.78, 5) is 4.28. The molecular formula is C14H14ClNO. The molecule has 0 spiro atoms. The molecule has 1 aromatic heterocycles. The highest BCUT2D eigenvalue weighted by atomic mass is 35.5. The Morgan fingerprint density at radius 3 is 2.59 bits per heavy atom. The summed E-state index contributed by atoms with van der Waals surface area (Å²) in [5.41, 5.74) is 3.09. The van der Waals surface area contributed by atoms with Crippen LogP contribution in [0.2, 0.25) is 0 Å². The summed E-state index contributed by atoms with van der Waals surface area (Å²) in [6.07, 6.45) is 1.74. The van der Waals surface area contributed by atoms with Gasteiger partial charge in [0.1, 0.15) is 5.75 Å². The van der Waals surface area contributed by atoms with E-state index >= 15 is 0 Å². The molecule has 0 amide bonds. The van der Waals surface area contributed by atoms with Gasteiger partial charge in [-0.15, -0.1) is 11.6 Å². The maximum Gasteiger partial charge on any atom is 0.222 e. The van der Waals surface area contributed by atoms with Crippen LogP contribution < -0.4 is 4.74 Å². The molecule has 0 fully saturated rings. The van der Waals surface area contributed by atoms with Crippen LogP contribution in [0, 0.1) is 13.8 Å². The van der Waals surface area contributed by atoms with Crippen LogP contribution in [-0.4, -0.2) is 4.98 Å². The van der Waals surface area contributed by atoms with Gasteiger partial charge in [0.05, 0.1) is 0 Å². The van der Waals surface area contributed by atoms with E-state index in [2.05, 4.69) is 4.98 Å². The molecule has 0 aliphatic carbocycles. The van der Waals surface area contributed by atoms with E-state index in [4.69, 9.17) is 16.3 Å². The van der Waals surface area contributed by atoms with E-state index < -0.39 is 0 Å². The van der Waals surface area contributed by atoms with Crippen molar-refractivity contribution in [1.29, 1.82) is 0 Å². The lowest BCUT2D eigenvalue weighted by molar-refractivity contribution is 0.455. The molecule has 0 bridgehead atoms. The first kappa shape index (κ1) is 11.9. The van der Waals surface area contributed by atoms with Crippen LogP contribution in [0.4, 0.5) is 0 Å². The molecule has 3 heteroatoms. The average molecular weight is 248 g/mol. The molecule has 0 saturated carbocycles. The SMILES string of the molecule is Cc1ccccc1Oc1ncc(CCl)cc1C. The zero-order valence-electron chi connectivity index (χ0n) is 9.90. The van der Waals surface area contributed by atoms with Gasteiger partial charge in [0, 0.05) is 17.6 Å². The lowest BCUT2D eigenvalue weighted by atomic mass is 10.2. The summed E-state index contributed by atoms with van der Waals surface area (Å²) in [5.74, 6) is 1.94.